The number of methoxy groups -OCH3 is 3. The van der Waals surface area contributed by atoms with Crippen LogP contribution in [-0.4, -0.2) is 26.3 Å². The molecular formula is C23H24N2O3. The number of nitrogens with one attached hydrogen (secondary N) is 1. The number of rotatable bonds is 5. The summed E-state index contributed by atoms with van der Waals surface area (Å²) in [6, 6.07) is 18.4. The predicted molar refractivity (Wildman–Crippen MR) is 108 cm³/mol. The molecule has 0 fully saturated rings. The molecule has 1 N–H and O–H groups in total. The van der Waals surface area contributed by atoms with Crippen molar-refractivity contribution < 1.29 is 14.2 Å². The lowest BCUT2D eigenvalue weighted by molar-refractivity contribution is 0.350. The maximum atomic E-state index is 5.55. The minimum atomic E-state index is -0.00865. The molecule has 0 bridgehead atoms. The number of nitrogens with zero attached hydrogens (tertiary/aromatic N) is 1. The summed E-state index contributed by atoms with van der Waals surface area (Å²) in [7, 11) is 5.02. The molecule has 2 heterocycles. The third-order valence-electron chi connectivity index (χ3n) is 5.22. The van der Waals surface area contributed by atoms with E-state index < -0.39 is 0 Å². The molecule has 1 aliphatic heterocycles. The maximum absolute atomic E-state index is 5.55. The highest BCUT2D eigenvalue weighted by atomic mass is 16.5. The Morgan fingerprint density at radius 3 is 2.43 bits per heavy atom. The minimum absolute atomic E-state index is 0.00865. The summed E-state index contributed by atoms with van der Waals surface area (Å²) >= 11 is 0. The zero-order chi connectivity index (χ0) is 19.5. The predicted octanol–water partition coefficient (Wildman–Crippen LogP) is 4.08. The smallest absolute Gasteiger partial charge is 0.161 e. The van der Waals surface area contributed by atoms with Crippen LogP contribution >= 0.6 is 0 Å². The molecule has 5 nitrogen and oxygen atoms in total. The van der Waals surface area contributed by atoms with Crippen molar-refractivity contribution in [3.8, 4) is 17.2 Å². The summed E-state index contributed by atoms with van der Waals surface area (Å²) in [4.78, 5) is 4.57. The SMILES string of the molecule is COc1cccc([C@@H]2N[C@H](c3ccccn3)Cc3cc(OC)c(OC)cc32)c1. The van der Waals surface area contributed by atoms with E-state index >= 15 is 0 Å². The first-order chi connectivity index (χ1) is 13.7. The molecule has 4 rings (SSSR count). The van der Waals surface area contributed by atoms with E-state index in [9.17, 15) is 0 Å². The molecule has 0 aliphatic carbocycles. The fourth-order valence-corrected chi connectivity index (χ4v) is 3.82. The molecule has 0 saturated heterocycles. The Kier molecular flexibility index (Phi) is 5.17. The quantitative estimate of drug-likeness (QED) is 0.727. The van der Waals surface area contributed by atoms with Gasteiger partial charge < -0.3 is 14.2 Å². The highest BCUT2D eigenvalue weighted by Crippen LogP contribution is 2.41. The number of aromatic nitrogens is 1. The fraction of sp³-hybridized carbons (Fsp3) is 0.261. The second-order valence-corrected chi connectivity index (χ2v) is 6.79. The Hall–Kier alpha value is -3.05. The van der Waals surface area contributed by atoms with Gasteiger partial charge in [0.05, 0.1) is 39.1 Å². The molecule has 1 aliphatic rings. The summed E-state index contributed by atoms with van der Waals surface area (Å²) in [6.45, 7) is 0. The fourth-order valence-electron chi connectivity index (χ4n) is 3.82. The van der Waals surface area contributed by atoms with Crippen molar-refractivity contribution >= 4 is 0 Å². The van der Waals surface area contributed by atoms with E-state index in [1.807, 2.05) is 30.5 Å². The maximum Gasteiger partial charge on any atom is 0.161 e. The zero-order valence-electron chi connectivity index (χ0n) is 16.3. The van der Waals surface area contributed by atoms with E-state index in [0.29, 0.717) is 0 Å². The van der Waals surface area contributed by atoms with Gasteiger partial charge in [-0.1, -0.05) is 18.2 Å². The molecule has 28 heavy (non-hydrogen) atoms. The van der Waals surface area contributed by atoms with Gasteiger partial charge >= 0.3 is 0 Å². The van der Waals surface area contributed by atoms with E-state index in [0.717, 1.165) is 34.9 Å². The van der Waals surface area contributed by atoms with Crippen LogP contribution in [0.1, 0.15) is 34.5 Å². The van der Waals surface area contributed by atoms with Crippen molar-refractivity contribution in [2.75, 3.05) is 21.3 Å². The van der Waals surface area contributed by atoms with Gasteiger partial charge in [-0.3, -0.25) is 10.3 Å². The van der Waals surface area contributed by atoms with Crippen LogP contribution in [0.5, 0.6) is 17.2 Å². The molecule has 0 saturated carbocycles. The normalized spacial score (nSPS) is 18.2. The number of hydrogen-bond acceptors (Lipinski definition) is 5. The molecule has 0 unspecified atom stereocenters. The molecule has 0 spiro atoms. The molecule has 3 aromatic rings. The summed E-state index contributed by atoms with van der Waals surface area (Å²) in [6.07, 6.45) is 2.66. The summed E-state index contributed by atoms with van der Waals surface area (Å²) in [5.74, 6) is 2.31. The van der Waals surface area contributed by atoms with Crippen LogP contribution in [0.15, 0.2) is 60.8 Å². The van der Waals surface area contributed by atoms with Gasteiger partial charge in [-0.15, -0.1) is 0 Å². The molecule has 2 atom stereocenters. The minimum Gasteiger partial charge on any atom is -0.497 e. The molecule has 144 valence electrons. The van der Waals surface area contributed by atoms with Crippen LogP contribution in [0.25, 0.3) is 0 Å². The number of benzene rings is 2. The van der Waals surface area contributed by atoms with Gasteiger partial charge in [0.25, 0.3) is 0 Å². The van der Waals surface area contributed by atoms with Crippen LogP contribution in [0.4, 0.5) is 0 Å². The Bertz CT molecular complexity index is 959. The molecule has 1 aromatic heterocycles. The van der Waals surface area contributed by atoms with Crippen LogP contribution in [0.3, 0.4) is 0 Å². The van der Waals surface area contributed by atoms with E-state index in [2.05, 4.69) is 40.6 Å². The lowest BCUT2D eigenvalue weighted by Gasteiger charge is -2.34. The first kappa shape index (κ1) is 18.3. The van der Waals surface area contributed by atoms with Gasteiger partial charge in [0.1, 0.15) is 5.75 Å². The van der Waals surface area contributed by atoms with Crippen molar-refractivity contribution in [3.05, 3.63) is 83.2 Å². The monoisotopic (exact) mass is 376 g/mol. The Morgan fingerprint density at radius 2 is 1.71 bits per heavy atom. The van der Waals surface area contributed by atoms with Crippen LogP contribution in [-0.2, 0) is 6.42 Å². The van der Waals surface area contributed by atoms with Crippen LogP contribution in [0.2, 0.25) is 0 Å². The van der Waals surface area contributed by atoms with Crippen molar-refractivity contribution in [1.29, 1.82) is 0 Å². The summed E-state index contributed by atoms with van der Waals surface area (Å²) in [5.41, 5.74) is 4.56. The van der Waals surface area contributed by atoms with E-state index in [4.69, 9.17) is 14.2 Å². The molecule has 2 aromatic carbocycles. The van der Waals surface area contributed by atoms with Crippen LogP contribution in [0, 0.1) is 0 Å². The largest absolute Gasteiger partial charge is 0.497 e. The van der Waals surface area contributed by atoms with Gasteiger partial charge in [-0.2, -0.15) is 0 Å². The average Bonchev–Trinajstić information content (AvgIpc) is 2.77. The molecule has 5 heteroatoms. The van der Waals surface area contributed by atoms with E-state index in [1.165, 1.54) is 11.1 Å². The van der Waals surface area contributed by atoms with Gasteiger partial charge in [-0.05, 0) is 59.5 Å². The van der Waals surface area contributed by atoms with Crippen molar-refractivity contribution in [2.24, 2.45) is 0 Å². The van der Waals surface area contributed by atoms with Crippen molar-refractivity contribution in [2.45, 2.75) is 18.5 Å². The van der Waals surface area contributed by atoms with E-state index in [-0.39, 0.29) is 12.1 Å². The molecule has 0 amide bonds. The van der Waals surface area contributed by atoms with Gasteiger partial charge in [0, 0.05) is 6.20 Å². The molecular weight excluding hydrogens is 352 g/mol. The van der Waals surface area contributed by atoms with Crippen LogP contribution < -0.4 is 19.5 Å². The first-order valence-corrected chi connectivity index (χ1v) is 9.29. The zero-order valence-corrected chi connectivity index (χ0v) is 16.3. The lowest BCUT2D eigenvalue weighted by atomic mass is 9.85. The third kappa shape index (κ3) is 3.41. The lowest BCUT2D eigenvalue weighted by Crippen LogP contribution is -2.34. The number of ether oxygens (including phenoxy) is 3. The topological polar surface area (TPSA) is 52.6 Å². The van der Waals surface area contributed by atoms with Crippen molar-refractivity contribution in [1.82, 2.24) is 10.3 Å². The Labute approximate surface area is 165 Å². The van der Waals surface area contributed by atoms with Crippen molar-refractivity contribution in [3.63, 3.8) is 0 Å². The summed E-state index contributed by atoms with van der Waals surface area (Å²) in [5, 5.41) is 3.77. The second-order valence-electron chi connectivity index (χ2n) is 6.79. The number of fused-ring (bicyclic) bond motifs is 1. The Balaban J connectivity index is 1.83. The average molecular weight is 376 g/mol. The Morgan fingerprint density at radius 1 is 0.893 bits per heavy atom. The number of pyridine rings is 1. The highest BCUT2D eigenvalue weighted by molar-refractivity contribution is 5.52. The second kappa shape index (κ2) is 7.90. The van der Waals surface area contributed by atoms with E-state index in [1.54, 1.807) is 21.3 Å². The third-order valence-corrected chi connectivity index (χ3v) is 5.22. The number of hydrogen-bond donors (Lipinski definition) is 1. The molecule has 0 radical (unpaired) electrons. The first-order valence-electron chi connectivity index (χ1n) is 9.29. The summed E-state index contributed by atoms with van der Waals surface area (Å²) < 4.78 is 16.5. The van der Waals surface area contributed by atoms with Gasteiger partial charge in [0.15, 0.2) is 11.5 Å². The van der Waals surface area contributed by atoms with Gasteiger partial charge in [0.2, 0.25) is 0 Å². The standard InChI is InChI=1S/C23H24N2O3/c1-26-17-8-6-7-15(11-17)23-18-14-22(28-3)21(27-2)13-16(18)12-20(25-23)19-9-4-5-10-24-19/h4-11,13-14,20,23,25H,12H2,1-3H3/t20-,23-/m0/s1. The van der Waals surface area contributed by atoms with Gasteiger partial charge in [-0.25, -0.2) is 0 Å². The highest BCUT2D eigenvalue weighted by Gasteiger charge is 2.30.